The average molecular weight is 847 g/mol. The highest BCUT2D eigenvalue weighted by molar-refractivity contribution is 8.76. The molecule has 58 heavy (non-hydrogen) atoms. The Kier molecular flexibility index (Phi) is 15.4. The molecule has 3 aliphatic carbocycles. The van der Waals surface area contributed by atoms with Crippen LogP contribution in [0.4, 0.5) is 0 Å². The van der Waals surface area contributed by atoms with Gasteiger partial charge in [0.1, 0.15) is 24.2 Å². The van der Waals surface area contributed by atoms with Crippen molar-refractivity contribution in [3.05, 3.63) is 33.9 Å². The quantitative estimate of drug-likeness (QED) is 0.0715. The van der Waals surface area contributed by atoms with E-state index in [0.29, 0.717) is 31.3 Å². The van der Waals surface area contributed by atoms with Crippen LogP contribution < -0.4 is 32.7 Å². The van der Waals surface area contributed by atoms with Gasteiger partial charge in [0, 0.05) is 48.3 Å². The minimum atomic E-state index is -1.51. The van der Waals surface area contributed by atoms with Crippen LogP contribution in [0.5, 0.6) is 0 Å². The van der Waals surface area contributed by atoms with Crippen molar-refractivity contribution < 1.29 is 48.6 Å². The Hall–Kier alpha value is -4.69. The molecule has 1 heterocycles. The fourth-order valence-corrected chi connectivity index (χ4v) is 10.1. The Morgan fingerprint density at radius 2 is 1.71 bits per heavy atom. The van der Waals surface area contributed by atoms with E-state index in [1.807, 2.05) is 13.8 Å². The van der Waals surface area contributed by atoms with Crippen LogP contribution in [-0.4, -0.2) is 123 Å². The number of ketones is 2. The molecule has 1 saturated heterocycles. The molecule has 11 N–H and O–H groups in total. The first-order valence-corrected chi connectivity index (χ1v) is 21.7. The van der Waals surface area contributed by atoms with Crippen molar-refractivity contribution in [3.8, 4) is 0 Å². The maximum absolute atomic E-state index is 14.3. The van der Waals surface area contributed by atoms with Crippen LogP contribution in [0.3, 0.4) is 0 Å². The van der Waals surface area contributed by atoms with E-state index in [1.165, 1.54) is 10.8 Å². The number of carbonyl (C=O) groups excluding carboxylic acids is 7. The van der Waals surface area contributed by atoms with E-state index in [-0.39, 0.29) is 36.7 Å². The summed E-state index contributed by atoms with van der Waals surface area (Å²) in [4.78, 5) is 106. The third-order valence-electron chi connectivity index (χ3n) is 11.2. The highest BCUT2D eigenvalue weighted by atomic mass is 33.1. The maximum Gasteiger partial charge on any atom is 0.323 e. The second kappa shape index (κ2) is 19.4. The number of Topliss-reactive ketones (excluding diaryl/α,β-unsaturated/α-hetero) is 2. The van der Waals surface area contributed by atoms with Crippen LogP contribution in [0.15, 0.2) is 33.9 Å². The highest BCUT2D eigenvalue weighted by Gasteiger charge is 2.65. The number of nitrogens with one attached hydrogen (secondary N) is 5. The number of guanidine groups is 1. The Morgan fingerprint density at radius 1 is 1.03 bits per heavy atom. The third kappa shape index (κ3) is 10.7. The smallest absolute Gasteiger partial charge is 0.323 e. The van der Waals surface area contributed by atoms with Gasteiger partial charge in [-0.3, -0.25) is 43.8 Å². The number of carboxylic acid groups (broad SMARTS) is 1. The Labute approximate surface area is 344 Å². The number of fused-ring (bicyclic) bond motifs is 1. The highest BCUT2D eigenvalue weighted by Crippen LogP contribution is 2.65. The zero-order valence-electron chi connectivity index (χ0n) is 33.2. The number of allylic oxidation sites excluding steroid dienone is 4. The van der Waals surface area contributed by atoms with Crippen LogP contribution >= 0.6 is 21.6 Å². The number of hydrogen-bond donors (Lipinski definition) is 9. The van der Waals surface area contributed by atoms with Gasteiger partial charge in [-0.1, -0.05) is 34.1 Å². The molecule has 2 fully saturated rings. The molecule has 4 rings (SSSR count). The van der Waals surface area contributed by atoms with Gasteiger partial charge in [0.05, 0.1) is 18.5 Å². The fourth-order valence-electron chi connectivity index (χ4n) is 7.92. The number of aliphatic hydroxyl groups is 1. The largest absolute Gasteiger partial charge is 0.480 e. The maximum atomic E-state index is 14.3. The standard InChI is InChI=1S/C38H54N8O10S2/c1-5-23(44-36(40)41)32-34(54)43-25(18-58-57-14-10-29(50)42-24(16-27(39)48)26(47)8-9-28(49)45-32)35(55)46(17-30(51)52)13-6-7-21-19(2)15-22-31(21)20(3)38(11-12-38)37(4,56)33(22)53/h15,23-25,32,56H,5-14,16-18H2,1-4H3,(H2,39,48)(H,42,50)(H,43,54)(H,45,49)(H,51,52)(H4,40,41,44)/t23?,24-,25-,32-,37-/m0/s1. The lowest BCUT2D eigenvalue weighted by Gasteiger charge is -2.39. The molecule has 18 nitrogen and oxygen atoms in total. The van der Waals surface area contributed by atoms with Crippen LogP contribution in [0.25, 0.3) is 0 Å². The molecule has 1 unspecified atom stereocenters. The van der Waals surface area contributed by atoms with Crippen molar-refractivity contribution in [3.63, 3.8) is 0 Å². The molecular formula is C38H54N8O10S2. The van der Waals surface area contributed by atoms with E-state index in [4.69, 9.17) is 16.9 Å². The monoisotopic (exact) mass is 846 g/mol. The van der Waals surface area contributed by atoms with E-state index >= 15 is 0 Å². The molecule has 318 valence electrons. The molecule has 0 aromatic rings. The van der Waals surface area contributed by atoms with Gasteiger partial charge < -0.3 is 47.8 Å². The van der Waals surface area contributed by atoms with Gasteiger partial charge >= 0.3 is 5.97 Å². The lowest BCUT2D eigenvalue weighted by atomic mass is 9.67. The van der Waals surface area contributed by atoms with Gasteiger partial charge in [-0.25, -0.2) is 0 Å². The first-order valence-electron chi connectivity index (χ1n) is 19.2. The SMILES string of the molecule is CCC(NC(=N)N)[C@@H]1NC(=O)CCC(=O)[C@H](CC(N)=O)NC(=O)CCSSC[C@@H](C(=O)N(CCCC2=C(C)C=C3C(=O)[C@](C)(O)C4(CC4)C(C)=C32)CC(=O)O)NC1=O. The summed E-state index contributed by atoms with van der Waals surface area (Å²) in [7, 11) is 2.31. The second-order valence-corrected chi connectivity index (χ2v) is 17.9. The summed E-state index contributed by atoms with van der Waals surface area (Å²) in [5.41, 5.74) is 12.7. The van der Waals surface area contributed by atoms with Crippen LogP contribution in [-0.2, 0) is 38.4 Å². The Bertz CT molecular complexity index is 1840. The van der Waals surface area contributed by atoms with Crippen molar-refractivity contribution in [2.45, 2.75) is 115 Å². The molecule has 4 aliphatic rings. The summed E-state index contributed by atoms with van der Waals surface area (Å²) in [5.74, 6) is -6.34. The number of nitrogens with two attached hydrogens (primary N) is 2. The lowest BCUT2D eigenvalue weighted by molar-refractivity contribution is -0.145. The molecule has 0 aromatic carbocycles. The molecule has 0 aromatic heterocycles. The molecule has 1 aliphatic heterocycles. The molecule has 20 heteroatoms. The lowest BCUT2D eigenvalue weighted by Crippen LogP contribution is -2.62. The van der Waals surface area contributed by atoms with Crippen molar-refractivity contribution in [1.29, 1.82) is 5.41 Å². The number of nitrogens with zero attached hydrogens (tertiary/aromatic N) is 1. The molecule has 5 atom stereocenters. The molecule has 0 radical (unpaired) electrons. The van der Waals surface area contributed by atoms with Crippen molar-refractivity contribution in [2.24, 2.45) is 16.9 Å². The molecule has 1 spiro atoms. The normalized spacial score (nSPS) is 26.1. The summed E-state index contributed by atoms with van der Waals surface area (Å²) in [6.45, 7) is 6.31. The van der Waals surface area contributed by atoms with Gasteiger partial charge in [0.15, 0.2) is 17.5 Å². The van der Waals surface area contributed by atoms with Gasteiger partial charge in [-0.15, -0.1) is 0 Å². The van der Waals surface area contributed by atoms with Crippen LogP contribution in [0, 0.1) is 10.8 Å². The Morgan fingerprint density at radius 3 is 2.31 bits per heavy atom. The van der Waals surface area contributed by atoms with Crippen molar-refractivity contribution >= 4 is 74.6 Å². The summed E-state index contributed by atoms with van der Waals surface area (Å²) in [6, 6.07) is -4.94. The fraction of sp³-hybridized carbons (Fsp3) is 0.605. The topological polar surface area (TPSA) is 304 Å². The van der Waals surface area contributed by atoms with Gasteiger partial charge in [-0.2, -0.15) is 0 Å². The zero-order chi connectivity index (χ0) is 43.1. The molecule has 5 amide bonds. The van der Waals surface area contributed by atoms with E-state index in [1.54, 1.807) is 19.9 Å². The van der Waals surface area contributed by atoms with Gasteiger partial charge in [0.2, 0.25) is 29.5 Å². The first-order chi connectivity index (χ1) is 27.2. The third-order valence-corrected chi connectivity index (χ3v) is 13.6. The molecule has 0 bridgehead atoms. The van der Waals surface area contributed by atoms with Gasteiger partial charge in [0.25, 0.3) is 0 Å². The van der Waals surface area contributed by atoms with Crippen molar-refractivity contribution in [2.75, 3.05) is 24.6 Å². The number of carbonyl (C=O) groups is 8. The Balaban J connectivity index is 1.58. The minimum absolute atomic E-state index is 0.0329. The molecule has 1 saturated carbocycles. The minimum Gasteiger partial charge on any atom is -0.480 e. The van der Waals surface area contributed by atoms with Crippen LogP contribution in [0.2, 0.25) is 0 Å². The van der Waals surface area contributed by atoms with E-state index < -0.39 is 108 Å². The number of amides is 5. The number of aliphatic carboxylic acids is 1. The van der Waals surface area contributed by atoms with Crippen LogP contribution in [0.1, 0.15) is 85.5 Å². The first kappa shape index (κ1) is 46.0. The second-order valence-electron chi connectivity index (χ2n) is 15.3. The number of rotatable bonds is 12. The van der Waals surface area contributed by atoms with E-state index in [0.717, 1.165) is 38.0 Å². The summed E-state index contributed by atoms with van der Waals surface area (Å²) in [5, 5.41) is 39.2. The summed E-state index contributed by atoms with van der Waals surface area (Å²) < 4.78 is 0. The summed E-state index contributed by atoms with van der Waals surface area (Å²) >= 11 is 0. The van der Waals surface area contributed by atoms with E-state index in [9.17, 15) is 48.6 Å². The summed E-state index contributed by atoms with van der Waals surface area (Å²) in [6.07, 6.45) is 2.59. The molecular weight excluding hydrogens is 793 g/mol. The average Bonchev–Trinajstić information content (AvgIpc) is 3.90. The van der Waals surface area contributed by atoms with E-state index in [2.05, 4.69) is 21.3 Å². The number of primary amides is 1. The predicted molar refractivity (Wildman–Crippen MR) is 217 cm³/mol. The number of carboxylic acids is 1. The number of hydrogen-bond acceptors (Lipinski definition) is 12. The predicted octanol–water partition coefficient (Wildman–Crippen LogP) is 0.0926. The van der Waals surface area contributed by atoms with Crippen molar-refractivity contribution in [1.82, 2.24) is 26.2 Å². The zero-order valence-corrected chi connectivity index (χ0v) is 34.8. The van der Waals surface area contributed by atoms with Gasteiger partial charge in [-0.05, 0) is 75.7 Å².